The number of hydrogen-bond donors (Lipinski definition) is 0. The van der Waals surface area contributed by atoms with Gasteiger partial charge in [0.05, 0.1) is 0 Å². The Kier molecular flexibility index (Phi) is 4.37. The summed E-state index contributed by atoms with van der Waals surface area (Å²) in [4.78, 5) is 13.0. The minimum Gasteiger partial charge on any atom is -0.289 e. The number of hydrogen-bond acceptors (Lipinski definition) is 1. The lowest BCUT2D eigenvalue weighted by Gasteiger charge is -2.27. The highest BCUT2D eigenvalue weighted by Gasteiger charge is 2.29. The van der Waals surface area contributed by atoms with Crippen molar-refractivity contribution in [2.75, 3.05) is 0 Å². The molecule has 0 saturated carbocycles. The summed E-state index contributed by atoms with van der Waals surface area (Å²) in [5.41, 5.74) is 5.13. The molecule has 0 N–H and O–H groups in total. The van der Waals surface area contributed by atoms with E-state index in [0.717, 1.165) is 33.2 Å². The number of rotatable bonds is 2. The highest BCUT2D eigenvalue weighted by atomic mass is 79.9. The van der Waals surface area contributed by atoms with Crippen LogP contribution >= 0.6 is 15.9 Å². The van der Waals surface area contributed by atoms with Gasteiger partial charge in [-0.2, -0.15) is 0 Å². The Balaban J connectivity index is 1.81. The van der Waals surface area contributed by atoms with Crippen LogP contribution in [0.15, 0.2) is 88.9 Å². The first-order chi connectivity index (χ1) is 12.2. The molecule has 0 spiro atoms. The molecule has 2 heteroatoms. The fourth-order valence-corrected chi connectivity index (χ4v) is 3.73. The number of Topliss-reactive ketones (excluding diaryl/α,β-unsaturated/α-hetero) is 1. The molecule has 3 aromatic rings. The Morgan fingerprint density at radius 1 is 0.840 bits per heavy atom. The van der Waals surface area contributed by atoms with Gasteiger partial charge in [-0.05, 0) is 41.3 Å². The molecular weight excluding hydrogens is 372 g/mol. The zero-order valence-corrected chi connectivity index (χ0v) is 15.2. The van der Waals surface area contributed by atoms with Crippen LogP contribution in [0.4, 0.5) is 0 Å². The van der Waals surface area contributed by atoms with E-state index >= 15 is 0 Å². The van der Waals surface area contributed by atoms with Gasteiger partial charge in [-0.15, -0.1) is 0 Å². The van der Waals surface area contributed by atoms with E-state index in [0.29, 0.717) is 0 Å². The third kappa shape index (κ3) is 3.22. The summed E-state index contributed by atoms with van der Waals surface area (Å²) in [7, 11) is 0. The van der Waals surface area contributed by atoms with E-state index in [9.17, 15) is 4.79 Å². The number of allylic oxidation sites excluding steroid dienone is 1. The normalized spacial score (nSPS) is 18.2. The summed E-state index contributed by atoms with van der Waals surface area (Å²) < 4.78 is 1.04. The number of ketones is 1. The second kappa shape index (κ2) is 6.81. The molecule has 4 rings (SSSR count). The quantitative estimate of drug-likeness (QED) is 0.474. The molecule has 0 aliphatic heterocycles. The van der Waals surface area contributed by atoms with E-state index in [1.165, 1.54) is 5.56 Å². The van der Waals surface area contributed by atoms with Gasteiger partial charge >= 0.3 is 0 Å². The summed E-state index contributed by atoms with van der Waals surface area (Å²) in [6, 6.07) is 26.5. The average molecular weight is 389 g/mol. The highest BCUT2D eigenvalue weighted by Crippen LogP contribution is 2.39. The van der Waals surface area contributed by atoms with Crippen molar-refractivity contribution >= 4 is 27.8 Å². The smallest absolute Gasteiger partial charge is 0.189 e. The molecule has 122 valence electrons. The maximum Gasteiger partial charge on any atom is 0.189 e. The molecule has 1 unspecified atom stereocenters. The lowest BCUT2D eigenvalue weighted by molar-refractivity contribution is 0.102. The molecule has 1 aliphatic rings. The van der Waals surface area contributed by atoms with Gasteiger partial charge in [0.15, 0.2) is 5.78 Å². The van der Waals surface area contributed by atoms with Gasteiger partial charge in [-0.1, -0.05) is 82.7 Å². The SMILES string of the molecule is O=C1/C(=C/c2ccc(Br)cc2)CC(c2ccccc2)c2ccccc21. The Bertz CT molecular complexity index is 939. The molecule has 0 fully saturated rings. The van der Waals surface area contributed by atoms with E-state index in [4.69, 9.17) is 0 Å². The zero-order chi connectivity index (χ0) is 17.2. The van der Waals surface area contributed by atoms with Crippen molar-refractivity contribution in [2.45, 2.75) is 12.3 Å². The Morgan fingerprint density at radius 2 is 1.52 bits per heavy atom. The van der Waals surface area contributed by atoms with Crippen LogP contribution in [0.3, 0.4) is 0 Å². The number of carbonyl (C=O) groups is 1. The van der Waals surface area contributed by atoms with Crippen molar-refractivity contribution in [1.82, 2.24) is 0 Å². The van der Waals surface area contributed by atoms with Crippen molar-refractivity contribution < 1.29 is 4.79 Å². The first-order valence-corrected chi connectivity index (χ1v) is 9.16. The van der Waals surface area contributed by atoms with Gasteiger partial charge < -0.3 is 0 Å². The Morgan fingerprint density at radius 3 is 2.28 bits per heavy atom. The first kappa shape index (κ1) is 16.0. The molecule has 0 heterocycles. The van der Waals surface area contributed by atoms with Crippen molar-refractivity contribution in [3.8, 4) is 0 Å². The largest absolute Gasteiger partial charge is 0.289 e. The molecule has 25 heavy (non-hydrogen) atoms. The molecule has 3 aromatic carbocycles. The highest BCUT2D eigenvalue weighted by molar-refractivity contribution is 9.10. The average Bonchev–Trinajstić information content (AvgIpc) is 2.66. The zero-order valence-electron chi connectivity index (χ0n) is 13.7. The van der Waals surface area contributed by atoms with E-state index < -0.39 is 0 Å². The van der Waals surface area contributed by atoms with Crippen LogP contribution in [-0.4, -0.2) is 5.78 Å². The van der Waals surface area contributed by atoms with Crippen LogP contribution in [0, 0.1) is 0 Å². The minimum absolute atomic E-state index is 0.144. The number of benzene rings is 3. The summed E-state index contributed by atoms with van der Waals surface area (Å²) >= 11 is 3.46. The minimum atomic E-state index is 0.144. The van der Waals surface area contributed by atoms with Crippen molar-refractivity contribution in [1.29, 1.82) is 0 Å². The van der Waals surface area contributed by atoms with Crippen LogP contribution in [0.5, 0.6) is 0 Å². The standard InChI is InChI=1S/C23H17BrO/c24-19-12-10-16(11-13-19)14-18-15-22(17-6-2-1-3-7-17)20-8-4-5-9-21(20)23(18)25/h1-14,22H,15H2/b18-14+. The number of fused-ring (bicyclic) bond motifs is 1. The summed E-state index contributed by atoms with van der Waals surface area (Å²) in [6.45, 7) is 0. The second-order valence-corrected chi connectivity index (χ2v) is 7.22. The van der Waals surface area contributed by atoms with Gasteiger partial charge in [-0.25, -0.2) is 0 Å². The van der Waals surface area contributed by atoms with Crippen molar-refractivity contribution in [3.63, 3.8) is 0 Å². The maximum absolute atomic E-state index is 13.0. The van der Waals surface area contributed by atoms with Crippen LogP contribution in [0.2, 0.25) is 0 Å². The lowest BCUT2D eigenvalue weighted by Crippen LogP contribution is -2.19. The van der Waals surface area contributed by atoms with E-state index in [-0.39, 0.29) is 11.7 Å². The van der Waals surface area contributed by atoms with Crippen molar-refractivity contribution in [3.05, 3.63) is 111 Å². The predicted octanol–water partition coefficient (Wildman–Crippen LogP) is 6.25. The maximum atomic E-state index is 13.0. The van der Waals surface area contributed by atoms with Crippen LogP contribution in [0.1, 0.15) is 39.4 Å². The predicted molar refractivity (Wildman–Crippen MR) is 106 cm³/mol. The van der Waals surface area contributed by atoms with E-state index in [1.54, 1.807) is 0 Å². The van der Waals surface area contributed by atoms with Gasteiger partial charge in [0.25, 0.3) is 0 Å². The lowest BCUT2D eigenvalue weighted by atomic mass is 9.75. The summed E-state index contributed by atoms with van der Waals surface area (Å²) in [6.07, 6.45) is 2.76. The number of halogens is 1. The Labute approximate surface area is 156 Å². The van der Waals surface area contributed by atoms with Gasteiger partial charge in [0, 0.05) is 21.5 Å². The van der Waals surface area contributed by atoms with Gasteiger partial charge in [0.2, 0.25) is 0 Å². The van der Waals surface area contributed by atoms with Crippen LogP contribution < -0.4 is 0 Å². The monoisotopic (exact) mass is 388 g/mol. The van der Waals surface area contributed by atoms with E-state index in [1.807, 2.05) is 54.6 Å². The molecular formula is C23H17BrO. The third-order valence-electron chi connectivity index (χ3n) is 4.71. The van der Waals surface area contributed by atoms with Gasteiger partial charge in [-0.3, -0.25) is 4.79 Å². The molecule has 0 radical (unpaired) electrons. The van der Waals surface area contributed by atoms with Crippen LogP contribution in [-0.2, 0) is 0 Å². The second-order valence-electron chi connectivity index (χ2n) is 6.30. The molecule has 0 aromatic heterocycles. The van der Waals surface area contributed by atoms with E-state index in [2.05, 4.69) is 46.3 Å². The fourth-order valence-electron chi connectivity index (χ4n) is 3.47. The summed E-state index contributed by atoms with van der Waals surface area (Å²) in [5.74, 6) is 0.363. The number of carbonyl (C=O) groups excluding carboxylic acids is 1. The first-order valence-electron chi connectivity index (χ1n) is 8.37. The molecule has 1 nitrogen and oxygen atoms in total. The Hall–Kier alpha value is -2.45. The molecule has 1 atom stereocenters. The van der Waals surface area contributed by atoms with Crippen LogP contribution in [0.25, 0.3) is 6.08 Å². The molecule has 0 amide bonds. The molecule has 1 aliphatic carbocycles. The van der Waals surface area contributed by atoms with Crippen molar-refractivity contribution in [2.24, 2.45) is 0 Å². The molecule has 0 bridgehead atoms. The topological polar surface area (TPSA) is 17.1 Å². The molecule has 0 saturated heterocycles. The fraction of sp³-hybridized carbons (Fsp3) is 0.0870. The summed E-state index contributed by atoms with van der Waals surface area (Å²) in [5, 5.41) is 0. The van der Waals surface area contributed by atoms with Gasteiger partial charge in [0.1, 0.15) is 0 Å². The third-order valence-corrected chi connectivity index (χ3v) is 5.24.